The van der Waals surface area contributed by atoms with Crippen molar-refractivity contribution in [3.63, 3.8) is 0 Å². The maximum absolute atomic E-state index is 11.6. The molecular formula is C9H13N2O9P. The smallest absolute Gasteiger partial charge is 0.387 e. The minimum absolute atomic E-state index is 0.648. The van der Waals surface area contributed by atoms with Gasteiger partial charge in [0.1, 0.15) is 18.3 Å². The van der Waals surface area contributed by atoms with E-state index in [2.05, 4.69) is 4.52 Å². The number of aliphatic hydroxyl groups is 2. The topological polar surface area (TPSA) is 171 Å². The summed E-state index contributed by atoms with van der Waals surface area (Å²) in [6.07, 6.45) is -4.58. The molecule has 1 saturated heterocycles. The molecule has 12 heteroatoms. The lowest BCUT2D eigenvalue weighted by atomic mass is 10.1. The molecule has 1 fully saturated rings. The van der Waals surface area contributed by atoms with E-state index in [0.29, 0.717) is 0 Å². The molecule has 1 aliphatic heterocycles. The van der Waals surface area contributed by atoms with Crippen LogP contribution in [0.4, 0.5) is 0 Å². The van der Waals surface area contributed by atoms with E-state index in [9.17, 15) is 24.4 Å². The van der Waals surface area contributed by atoms with Crippen molar-refractivity contribution in [2.45, 2.75) is 24.5 Å². The highest BCUT2D eigenvalue weighted by atomic mass is 31.2. The third kappa shape index (κ3) is 3.66. The molecule has 1 aromatic rings. The summed E-state index contributed by atoms with van der Waals surface area (Å²) in [7, 11) is -4.76. The Balaban J connectivity index is 2.18. The summed E-state index contributed by atoms with van der Waals surface area (Å²) in [4.78, 5) is 41.6. The molecule has 4 atom stereocenters. The Morgan fingerprint density at radius 3 is 2.67 bits per heavy atom. The van der Waals surface area contributed by atoms with Crippen LogP contribution in [0.5, 0.6) is 0 Å². The Morgan fingerprint density at radius 2 is 2.10 bits per heavy atom. The first-order valence-electron chi connectivity index (χ1n) is 5.72. The van der Waals surface area contributed by atoms with Crippen molar-refractivity contribution in [1.29, 1.82) is 0 Å². The Morgan fingerprint density at radius 1 is 1.43 bits per heavy atom. The first-order chi connectivity index (χ1) is 9.69. The van der Waals surface area contributed by atoms with E-state index in [-0.39, 0.29) is 0 Å². The lowest BCUT2D eigenvalue weighted by Crippen LogP contribution is -2.37. The van der Waals surface area contributed by atoms with Gasteiger partial charge in [-0.1, -0.05) is 0 Å². The number of hydrogen-bond donors (Lipinski definition) is 5. The molecule has 11 nitrogen and oxygen atoms in total. The molecule has 2 heterocycles. The van der Waals surface area contributed by atoms with Crippen molar-refractivity contribution in [3.05, 3.63) is 33.1 Å². The normalized spacial score (nSPS) is 29.7. The molecular weight excluding hydrogens is 313 g/mol. The molecule has 0 radical (unpaired) electrons. The Kier molecular flexibility index (Phi) is 4.44. The monoisotopic (exact) mass is 326 g/mol. The highest BCUT2D eigenvalue weighted by Crippen LogP contribution is 2.38. The summed E-state index contributed by atoms with van der Waals surface area (Å²) < 4.78 is 20.8. The minimum atomic E-state index is -4.76. The van der Waals surface area contributed by atoms with Gasteiger partial charge in [0.25, 0.3) is 5.56 Å². The van der Waals surface area contributed by atoms with Crippen molar-refractivity contribution in [2.75, 3.05) is 6.61 Å². The summed E-state index contributed by atoms with van der Waals surface area (Å²) in [5.74, 6) is 0. The zero-order valence-corrected chi connectivity index (χ0v) is 11.3. The van der Waals surface area contributed by atoms with E-state index in [0.717, 1.165) is 16.8 Å². The van der Waals surface area contributed by atoms with Crippen molar-refractivity contribution in [2.24, 2.45) is 0 Å². The number of phosphoric acid groups is 1. The van der Waals surface area contributed by atoms with Crippen LogP contribution in [-0.4, -0.2) is 54.5 Å². The first kappa shape index (κ1) is 16.0. The fourth-order valence-corrected chi connectivity index (χ4v) is 2.24. The van der Waals surface area contributed by atoms with Gasteiger partial charge in [-0.15, -0.1) is 0 Å². The Bertz CT molecular complexity index is 664. The van der Waals surface area contributed by atoms with Gasteiger partial charge >= 0.3 is 13.5 Å². The molecule has 0 aliphatic carbocycles. The second-order valence-corrected chi connectivity index (χ2v) is 5.59. The highest BCUT2D eigenvalue weighted by Gasteiger charge is 2.44. The van der Waals surface area contributed by atoms with Gasteiger partial charge in [-0.3, -0.25) is 18.9 Å². The van der Waals surface area contributed by atoms with Crippen LogP contribution in [0.15, 0.2) is 21.9 Å². The molecule has 5 N–H and O–H groups in total. The fraction of sp³-hybridized carbons (Fsp3) is 0.556. The number of aliphatic hydroxyl groups excluding tert-OH is 2. The summed E-state index contributed by atoms with van der Waals surface area (Å²) in [5.41, 5.74) is -1.51. The predicted molar refractivity (Wildman–Crippen MR) is 65.2 cm³/mol. The van der Waals surface area contributed by atoms with E-state index in [1.54, 1.807) is 0 Å². The maximum Gasteiger partial charge on any atom is 0.469 e. The van der Waals surface area contributed by atoms with Gasteiger partial charge in [0.15, 0.2) is 6.23 Å². The van der Waals surface area contributed by atoms with Gasteiger partial charge in [-0.05, 0) is 0 Å². The van der Waals surface area contributed by atoms with Crippen LogP contribution in [0.3, 0.4) is 0 Å². The van der Waals surface area contributed by atoms with Gasteiger partial charge in [0.2, 0.25) is 0 Å². The molecule has 0 spiro atoms. The van der Waals surface area contributed by atoms with Crippen molar-refractivity contribution < 1.29 is 33.8 Å². The van der Waals surface area contributed by atoms with E-state index >= 15 is 0 Å². The standard InChI is InChI=1S/C9H13N2O9P/c12-5-1-2-11(9(15)10-5)8-7(14)6(13)4(20-8)3-19-21(16,17)18/h1-2,4,6-8,13-14H,3H2,(H,10,12,15)(H2,16,17,18)/t4-,6-,7-,8-/m1/s1/i9+2. The number of rotatable bonds is 4. The van der Waals surface area contributed by atoms with Crippen LogP contribution in [0, 0.1) is 0 Å². The second kappa shape index (κ2) is 5.81. The SMILES string of the molecule is O=c1ccn([C@@H]2O[C@H](COP(=O)(O)O)[C@@H](O)[C@H]2O)[14c](=O)[nH]1. The second-order valence-electron chi connectivity index (χ2n) is 4.35. The van der Waals surface area contributed by atoms with Gasteiger partial charge < -0.3 is 24.7 Å². The zero-order valence-electron chi connectivity index (χ0n) is 10.4. The summed E-state index contributed by atoms with van der Waals surface area (Å²) in [6, 6.07) is 1.02. The number of aromatic nitrogens is 2. The number of nitrogens with zero attached hydrogens (tertiary/aromatic N) is 1. The number of ether oxygens (including phenoxy) is 1. The molecule has 1 aromatic heterocycles. The highest BCUT2D eigenvalue weighted by molar-refractivity contribution is 7.46. The zero-order chi connectivity index (χ0) is 15.8. The maximum atomic E-state index is 11.6. The number of H-pyrrole nitrogens is 1. The lowest BCUT2D eigenvalue weighted by Gasteiger charge is -2.16. The van der Waals surface area contributed by atoms with Crippen molar-refractivity contribution in [3.8, 4) is 0 Å². The first-order valence-corrected chi connectivity index (χ1v) is 7.25. The van der Waals surface area contributed by atoms with Gasteiger partial charge in [0.05, 0.1) is 6.61 Å². The predicted octanol–water partition coefficient (Wildman–Crippen LogP) is -2.73. The quantitative estimate of drug-likeness (QED) is 0.368. The Hall–Kier alpha value is -1.33. The van der Waals surface area contributed by atoms with E-state index < -0.39 is 50.2 Å². The van der Waals surface area contributed by atoms with Crippen LogP contribution in [0.2, 0.25) is 0 Å². The average molecular weight is 326 g/mol. The van der Waals surface area contributed by atoms with Crippen LogP contribution < -0.4 is 11.2 Å². The van der Waals surface area contributed by atoms with E-state index in [1.807, 2.05) is 4.98 Å². The Labute approximate surface area is 116 Å². The van der Waals surface area contributed by atoms with Crippen LogP contribution in [0.25, 0.3) is 0 Å². The molecule has 0 unspecified atom stereocenters. The van der Waals surface area contributed by atoms with Crippen LogP contribution >= 0.6 is 7.82 Å². The summed E-state index contributed by atoms with van der Waals surface area (Å²) in [6.45, 7) is -0.683. The number of nitrogens with one attached hydrogen (secondary N) is 1. The van der Waals surface area contributed by atoms with Crippen LogP contribution in [0.1, 0.15) is 6.23 Å². The molecule has 2 rings (SSSR count). The minimum Gasteiger partial charge on any atom is -0.387 e. The largest absolute Gasteiger partial charge is 0.469 e. The molecule has 118 valence electrons. The number of phosphoric ester groups is 1. The lowest BCUT2D eigenvalue weighted by molar-refractivity contribution is -0.0543. The third-order valence-corrected chi connectivity index (χ3v) is 3.35. The van der Waals surface area contributed by atoms with Gasteiger partial charge in [0, 0.05) is 12.3 Å². The van der Waals surface area contributed by atoms with Gasteiger partial charge in [-0.2, -0.15) is 0 Å². The molecule has 0 bridgehead atoms. The molecule has 21 heavy (non-hydrogen) atoms. The van der Waals surface area contributed by atoms with Crippen molar-refractivity contribution >= 4 is 7.82 Å². The molecule has 0 saturated carbocycles. The van der Waals surface area contributed by atoms with Crippen molar-refractivity contribution in [1.82, 2.24) is 9.55 Å². The van der Waals surface area contributed by atoms with Gasteiger partial charge in [-0.25, -0.2) is 9.36 Å². The summed E-state index contributed by atoms with van der Waals surface area (Å²) >= 11 is 0. The van der Waals surface area contributed by atoms with E-state index in [4.69, 9.17) is 14.5 Å². The number of hydrogen-bond acceptors (Lipinski definition) is 7. The molecule has 0 aromatic carbocycles. The molecule has 0 amide bonds. The fourth-order valence-electron chi connectivity index (χ4n) is 1.89. The third-order valence-electron chi connectivity index (χ3n) is 2.87. The number of aromatic amines is 1. The summed E-state index contributed by atoms with van der Waals surface area (Å²) in [5, 5.41) is 19.6. The molecule has 1 aliphatic rings. The average Bonchev–Trinajstić information content (AvgIpc) is 2.64. The van der Waals surface area contributed by atoms with E-state index in [1.165, 1.54) is 0 Å². The van der Waals surface area contributed by atoms with Crippen LogP contribution in [-0.2, 0) is 13.8 Å².